The van der Waals surface area contributed by atoms with E-state index in [9.17, 15) is 0 Å². The lowest BCUT2D eigenvalue weighted by atomic mass is 10.2. The predicted molar refractivity (Wildman–Crippen MR) is 110 cm³/mol. The van der Waals surface area contributed by atoms with Gasteiger partial charge < -0.3 is 15.8 Å². The maximum absolute atomic E-state index is 5.87. The highest BCUT2D eigenvalue weighted by Crippen LogP contribution is 2.22. The maximum atomic E-state index is 5.87. The van der Waals surface area contributed by atoms with Crippen LogP contribution in [0.15, 0.2) is 23.3 Å². The van der Waals surface area contributed by atoms with Crippen molar-refractivity contribution in [2.45, 2.75) is 70.9 Å². The van der Waals surface area contributed by atoms with Gasteiger partial charge in [0, 0.05) is 18.8 Å². The summed E-state index contributed by atoms with van der Waals surface area (Å²) in [6.07, 6.45) is 11.9. The first-order valence-electron chi connectivity index (χ1n) is 8.93. The van der Waals surface area contributed by atoms with Gasteiger partial charge in [-0.2, -0.15) is 0 Å². The normalized spacial score (nSPS) is 15.1. The molecule has 0 atom stereocenters. The Morgan fingerprint density at radius 1 is 1.29 bits per heavy atom. The molecule has 24 heavy (non-hydrogen) atoms. The van der Waals surface area contributed by atoms with Gasteiger partial charge in [0.1, 0.15) is 6.10 Å². The second-order valence-corrected chi connectivity index (χ2v) is 6.22. The molecular formula is C18H31IN4O. The van der Waals surface area contributed by atoms with E-state index in [0.29, 0.717) is 24.5 Å². The van der Waals surface area contributed by atoms with E-state index in [2.05, 4.69) is 22.2 Å². The van der Waals surface area contributed by atoms with Crippen LogP contribution in [-0.4, -0.2) is 23.6 Å². The number of pyridine rings is 1. The highest BCUT2D eigenvalue weighted by molar-refractivity contribution is 14.0. The number of hydrogen-bond donors (Lipinski definition) is 2. The fraction of sp³-hybridized carbons (Fsp3) is 0.667. The molecule has 6 heteroatoms. The number of aliphatic imine (C=N–C) groups is 1. The van der Waals surface area contributed by atoms with Crippen LogP contribution in [0, 0.1) is 0 Å². The Bertz CT molecular complexity index is 472. The molecule has 1 aromatic heterocycles. The number of guanidine groups is 1. The molecule has 0 unspecified atom stereocenters. The first-order chi connectivity index (χ1) is 11.3. The summed E-state index contributed by atoms with van der Waals surface area (Å²) in [5, 5.41) is 3.15. The van der Waals surface area contributed by atoms with E-state index in [1.54, 1.807) is 0 Å². The van der Waals surface area contributed by atoms with Crippen LogP contribution < -0.4 is 15.8 Å². The van der Waals surface area contributed by atoms with Gasteiger partial charge in [-0.3, -0.25) is 0 Å². The zero-order valence-corrected chi connectivity index (χ0v) is 17.0. The van der Waals surface area contributed by atoms with Crippen molar-refractivity contribution in [3.8, 4) is 5.88 Å². The lowest BCUT2D eigenvalue weighted by molar-refractivity contribution is 0.201. The summed E-state index contributed by atoms with van der Waals surface area (Å²) < 4.78 is 5.86. The van der Waals surface area contributed by atoms with Crippen LogP contribution >= 0.6 is 24.0 Å². The van der Waals surface area contributed by atoms with E-state index in [1.165, 1.54) is 32.1 Å². The number of hydrogen-bond acceptors (Lipinski definition) is 3. The number of ether oxygens (including phenoxy) is 1. The molecule has 1 fully saturated rings. The van der Waals surface area contributed by atoms with Crippen molar-refractivity contribution in [3.05, 3.63) is 23.9 Å². The Balaban J connectivity index is 0.00000288. The molecule has 1 saturated carbocycles. The molecular weight excluding hydrogens is 415 g/mol. The maximum Gasteiger partial charge on any atom is 0.213 e. The van der Waals surface area contributed by atoms with Crippen LogP contribution in [0.1, 0.15) is 63.9 Å². The Morgan fingerprint density at radius 2 is 2.08 bits per heavy atom. The highest BCUT2D eigenvalue weighted by atomic mass is 127. The summed E-state index contributed by atoms with van der Waals surface area (Å²) in [5.41, 5.74) is 6.91. The molecule has 0 amide bonds. The van der Waals surface area contributed by atoms with E-state index in [1.807, 2.05) is 18.3 Å². The largest absolute Gasteiger partial charge is 0.474 e. The van der Waals surface area contributed by atoms with E-state index >= 15 is 0 Å². The van der Waals surface area contributed by atoms with Gasteiger partial charge in [-0.15, -0.1) is 24.0 Å². The van der Waals surface area contributed by atoms with Gasteiger partial charge in [0.2, 0.25) is 5.88 Å². The SMILES string of the molecule is CCCCCCNC(N)=NCc1ccc(OC2CCCC2)nc1.I. The number of unbranched alkanes of at least 4 members (excludes halogenated alkanes) is 3. The predicted octanol–water partition coefficient (Wildman–Crippen LogP) is 4.01. The Labute approximate surface area is 162 Å². The molecule has 0 spiro atoms. The molecule has 0 radical (unpaired) electrons. The standard InChI is InChI=1S/C18H30N4O.HI/c1-2-3-4-7-12-20-18(19)22-14-15-10-11-17(21-13-15)23-16-8-5-6-9-16;/h10-11,13,16H,2-9,12,14H2,1H3,(H3,19,20,22);1H. The van der Waals surface area contributed by atoms with Gasteiger partial charge in [0.15, 0.2) is 5.96 Å². The van der Waals surface area contributed by atoms with Gasteiger partial charge in [0.25, 0.3) is 0 Å². The average Bonchev–Trinajstić information content (AvgIpc) is 3.07. The van der Waals surface area contributed by atoms with E-state index in [-0.39, 0.29) is 24.0 Å². The van der Waals surface area contributed by atoms with Crippen LogP contribution in [0.25, 0.3) is 0 Å². The molecule has 136 valence electrons. The Morgan fingerprint density at radius 3 is 2.75 bits per heavy atom. The third-order valence-electron chi connectivity index (χ3n) is 4.16. The third-order valence-corrected chi connectivity index (χ3v) is 4.16. The quantitative estimate of drug-likeness (QED) is 0.260. The molecule has 0 bridgehead atoms. The van der Waals surface area contributed by atoms with Crippen molar-refractivity contribution < 1.29 is 4.74 Å². The van der Waals surface area contributed by atoms with E-state index < -0.39 is 0 Å². The molecule has 1 heterocycles. The number of halogens is 1. The molecule has 2 rings (SSSR count). The fourth-order valence-corrected chi connectivity index (χ4v) is 2.75. The smallest absolute Gasteiger partial charge is 0.213 e. The van der Waals surface area contributed by atoms with Crippen molar-refractivity contribution in [3.63, 3.8) is 0 Å². The summed E-state index contributed by atoms with van der Waals surface area (Å²) in [7, 11) is 0. The van der Waals surface area contributed by atoms with Crippen LogP contribution in [0.4, 0.5) is 0 Å². The summed E-state index contributed by atoms with van der Waals surface area (Å²) in [5.74, 6) is 1.22. The highest BCUT2D eigenvalue weighted by Gasteiger charge is 2.16. The fourth-order valence-electron chi connectivity index (χ4n) is 2.75. The van der Waals surface area contributed by atoms with Gasteiger partial charge in [-0.25, -0.2) is 9.98 Å². The zero-order valence-electron chi connectivity index (χ0n) is 14.7. The minimum absolute atomic E-state index is 0. The van der Waals surface area contributed by atoms with Crippen molar-refractivity contribution in [2.75, 3.05) is 6.54 Å². The number of nitrogens with one attached hydrogen (secondary N) is 1. The van der Waals surface area contributed by atoms with Crippen molar-refractivity contribution in [2.24, 2.45) is 10.7 Å². The first kappa shape index (κ1) is 21.0. The second kappa shape index (κ2) is 12.3. The Kier molecular flexibility index (Phi) is 10.8. The molecule has 0 aromatic carbocycles. The van der Waals surface area contributed by atoms with Crippen molar-refractivity contribution in [1.82, 2.24) is 10.3 Å². The van der Waals surface area contributed by atoms with Crippen molar-refractivity contribution >= 4 is 29.9 Å². The minimum Gasteiger partial charge on any atom is -0.474 e. The molecule has 1 aliphatic rings. The molecule has 0 saturated heterocycles. The second-order valence-electron chi connectivity index (χ2n) is 6.22. The van der Waals surface area contributed by atoms with E-state index in [4.69, 9.17) is 10.5 Å². The molecule has 1 aliphatic carbocycles. The molecule has 1 aromatic rings. The van der Waals surface area contributed by atoms with Crippen LogP contribution in [0.3, 0.4) is 0 Å². The summed E-state index contributed by atoms with van der Waals surface area (Å²) >= 11 is 0. The average molecular weight is 446 g/mol. The molecule has 5 nitrogen and oxygen atoms in total. The van der Waals surface area contributed by atoms with Crippen LogP contribution in [-0.2, 0) is 6.54 Å². The molecule has 0 aliphatic heterocycles. The summed E-state index contributed by atoms with van der Waals surface area (Å²) in [4.78, 5) is 8.71. The van der Waals surface area contributed by atoms with Gasteiger partial charge in [-0.1, -0.05) is 32.3 Å². The summed E-state index contributed by atoms with van der Waals surface area (Å²) in [6.45, 7) is 3.65. The van der Waals surface area contributed by atoms with Crippen LogP contribution in [0.2, 0.25) is 0 Å². The van der Waals surface area contributed by atoms with E-state index in [0.717, 1.165) is 31.4 Å². The lowest BCUT2D eigenvalue weighted by Crippen LogP contribution is -2.32. The minimum atomic E-state index is 0. The molecule has 3 N–H and O–H groups in total. The number of nitrogens with two attached hydrogens (primary N) is 1. The number of nitrogens with zero attached hydrogens (tertiary/aromatic N) is 2. The topological polar surface area (TPSA) is 72.5 Å². The van der Waals surface area contributed by atoms with Crippen molar-refractivity contribution in [1.29, 1.82) is 0 Å². The summed E-state index contributed by atoms with van der Waals surface area (Å²) in [6, 6.07) is 3.94. The van der Waals surface area contributed by atoms with Gasteiger partial charge in [0.05, 0.1) is 6.54 Å². The van der Waals surface area contributed by atoms with Gasteiger partial charge >= 0.3 is 0 Å². The lowest BCUT2D eigenvalue weighted by Gasteiger charge is -2.11. The number of rotatable bonds is 9. The van der Waals surface area contributed by atoms with Crippen LogP contribution in [0.5, 0.6) is 5.88 Å². The number of aromatic nitrogens is 1. The Hall–Kier alpha value is -1.05. The third kappa shape index (κ3) is 8.17. The zero-order chi connectivity index (χ0) is 16.3. The van der Waals surface area contributed by atoms with Gasteiger partial charge in [-0.05, 0) is 37.7 Å². The monoisotopic (exact) mass is 446 g/mol. The first-order valence-corrected chi connectivity index (χ1v) is 8.93.